The maximum absolute atomic E-state index is 12.3. The topological polar surface area (TPSA) is 220 Å². The molecule has 0 saturated carbocycles. The predicted octanol–water partition coefficient (Wildman–Crippen LogP) is -1.19. The molecule has 0 aromatic heterocycles. The maximum atomic E-state index is 12.3. The second-order valence-corrected chi connectivity index (χ2v) is 18.1. The van der Waals surface area contributed by atoms with Gasteiger partial charge >= 0.3 is 10.4 Å². The number of benzene rings is 2. The third-order valence-corrected chi connectivity index (χ3v) is 14.0. The number of carbonyl (C=O) groups excluding carboxylic acids is 1. The molecule has 2 fully saturated rings. The lowest BCUT2D eigenvalue weighted by molar-refractivity contribution is -0.344. The summed E-state index contributed by atoms with van der Waals surface area (Å²) in [7, 11) is -7.23. The van der Waals surface area contributed by atoms with Gasteiger partial charge in [-0.1, -0.05) is 81.4 Å². The number of nitrogens with one attached hydrogen (secondary N) is 1. The van der Waals surface area contributed by atoms with Crippen LogP contribution in [0, 0.1) is 0 Å². The van der Waals surface area contributed by atoms with E-state index in [9.17, 15) is 38.2 Å². The van der Waals surface area contributed by atoms with Crippen molar-refractivity contribution in [2.75, 3.05) is 20.3 Å². The molecule has 10 atom stereocenters. The average molecular weight is 716 g/mol. The normalized spacial score (nSPS) is 31.7. The Morgan fingerprint density at radius 2 is 1.42 bits per heavy atom. The fourth-order valence-corrected chi connectivity index (χ4v) is 11.4. The Bertz CT molecular complexity index is 1400. The molecule has 2 aliphatic heterocycles. The fraction of sp³-hybridized carbons (Fsp3) is 0.581. The summed E-state index contributed by atoms with van der Waals surface area (Å²) in [5, 5.41) is 45.2. The predicted molar refractivity (Wildman–Crippen MR) is 172 cm³/mol. The second-order valence-electron chi connectivity index (χ2n) is 12.8. The van der Waals surface area contributed by atoms with Gasteiger partial charge in [0.2, 0.25) is 5.91 Å². The van der Waals surface area contributed by atoms with E-state index in [-0.39, 0.29) is 6.61 Å². The van der Waals surface area contributed by atoms with E-state index in [2.05, 4.69) is 5.32 Å². The van der Waals surface area contributed by atoms with Crippen molar-refractivity contribution in [1.29, 1.82) is 0 Å². The summed E-state index contributed by atoms with van der Waals surface area (Å²) in [5.41, 5.74) is 0. The molecule has 0 spiro atoms. The van der Waals surface area contributed by atoms with Crippen molar-refractivity contribution in [2.24, 2.45) is 0 Å². The van der Waals surface area contributed by atoms with E-state index in [4.69, 9.17) is 27.6 Å². The van der Waals surface area contributed by atoms with Gasteiger partial charge < -0.3 is 49.1 Å². The van der Waals surface area contributed by atoms with Crippen LogP contribution in [-0.2, 0) is 42.8 Å². The van der Waals surface area contributed by atoms with E-state index in [0.29, 0.717) is 0 Å². The number of aliphatic hydroxyl groups is 4. The van der Waals surface area contributed by atoms with Crippen LogP contribution in [0.25, 0.3) is 0 Å². The van der Waals surface area contributed by atoms with Gasteiger partial charge in [0.15, 0.2) is 12.6 Å². The zero-order valence-corrected chi connectivity index (χ0v) is 29.1. The first-order valence-corrected chi connectivity index (χ1v) is 18.6. The summed E-state index contributed by atoms with van der Waals surface area (Å²) in [4.78, 5) is 12.3. The van der Waals surface area contributed by atoms with Gasteiger partial charge in [-0.05, 0) is 15.4 Å². The molecule has 0 radical (unpaired) electrons. The van der Waals surface area contributed by atoms with Crippen LogP contribution in [0.2, 0.25) is 5.04 Å². The van der Waals surface area contributed by atoms with E-state index >= 15 is 0 Å². The smallest absolute Gasteiger partial charge is 0.397 e. The summed E-state index contributed by atoms with van der Waals surface area (Å²) in [5.74, 6) is -0.636. The van der Waals surface area contributed by atoms with Gasteiger partial charge in [0, 0.05) is 14.0 Å². The van der Waals surface area contributed by atoms with Crippen molar-refractivity contribution in [2.45, 2.75) is 94.1 Å². The number of carbonyl (C=O) groups is 1. The fourth-order valence-electron chi connectivity index (χ4n) is 6.35. The van der Waals surface area contributed by atoms with Gasteiger partial charge in [-0.25, -0.2) is 4.18 Å². The Balaban J connectivity index is 1.83. The summed E-state index contributed by atoms with van der Waals surface area (Å²) >= 11 is 0. The second kappa shape index (κ2) is 15.7. The number of rotatable bonds is 12. The molecule has 0 aliphatic carbocycles. The summed E-state index contributed by atoms with van der Waals surface area (Å²) < 4.78 is 69.8. The van der Waals surface area contributed by atoms with Crippen LogP contribution >= 0.6 is 0 Å². The van der Waals surface area contributed by atoms with Crippen molar-refractivity contribution in [3.63, 3.8) is 0 Å². The lowest BCUT2D eigenvalue weighted by Crippen LogP contribution is -2.70. The van der Waals surface area contributed by atoms with E-state index < -0.39 is 97.6 Å². The van der Waals surface area contributed by atoms with Gasteiger partial charge in [-0.3, -0.25) is 9.35 Å². The largest absolute Gasteiger partial charge is 0.405 e. The Morgan fingerprint density at radius 1 is 0.875 bits per heavy atom. The Labute approximate surface area is 280 Å². The van der Waals surface area contributed by atoms with Crippen LogP contribution in [0.15, 0.2) is 60.7 Å². The summed E-state index contributed by atoms with van der Waals surface area (Å²) in [6.45, 7) is 6.21. The molecular weight excluding hydrogens is 670 g/mol. The first kappa shape index (κ1) is 38.4. The molecule has 0 unspecified atom stereocenters. The van der Waals surface area contributed by atoms with Crippen LogP contribution in [0.4, 0.5) is 0 Å². The van der Waals surface area contributed by atoms with Crippen LogP contribution in [0.1, 0.15) is 27.7 Å². The molecule has 15 nitrogen and oxygen atoms in total. The van der Waals surface area contributed by atoms with Crippen LogP contribution in [-0.4, -0.2) is 129 Å². The van der Waals surface area contributed by atoms with Crippen LogP contribution < -0.4 is 15.7 Å². The summed E-state index contributed by atoms with van der Waals surface area (Å²) in [6, 6.07) is 17.8. The molecule has 48 heavy (non-hydrogen) atoms. The molecule has 2 aromatic rings. The van der Waals surface area contributed by atoms with Crippen LogP contribution in [0.5, 0.6) is 0 Å². The number of hydrogen-bond acceptors (Lipinski definition) is 13. The van der Waals surface area contributed by atoms with Gasteiger partial charge in [-0.2, -0.15) is 8.42 Å². The highest BCUT2D eigenvalue weighted by Gasteiger charge is 2.56. The molecule has 0 bridgehead atoms. The van der Waals surface area contributed by atoms with Gasteiger partial charge in [0.05, 0.1) is 13.2 Å². The van der Waals surface area contributed by atoms with Crippen LogP contribution in [0.3, 0.4) is 0 Å². The molecule has 2 saturated heterocycles. The van der Waals surface area contributed by atoms with E-state index in [0.717, 1.165) is 17.3 Å². The molecule has 2 heterocycles. The van der Waals surface area contributed by atoms with Gasteiger partial charge in [0.1, 0.15) is 48.8 Å². The Morgan fingerprint density at radius 3 is 1.88 bits per heavy atom. The van der Waals surface area contributed by atoms with Crippen molar-refractivity contribution in [1.82, 2.24) is 5.32 Å². The zero-order valence-electron chi connectivity index (χ0n) is 27.3. The number of methoxy groups -OCH3 is 1. The van der Waals surface area contributed by atoms with Gasteiger partial charge in [-0.15, -0.1) is 0 Å². The lowest BCUT2D eigenvalue weighted by atomic mass is 9.95. The minimum Gasteiger partial charge on any atom is -0.405 e. The van der Waals surface area contributed by atoms with Crippen molar-refractivity contribution < 1.29 is 65.7 Å². The molecule has 4 rings (SSSR count). The molecule has 1 amide bonds. The highest BCUT2D eigenvalue weighted by atomic mass is 32.3. The molecule has 268 valence electrons. The molecule has 6 N–H and O–H groups in total. The number of amides is 1. The minimum atomic E-state index is -5.23. The molecule has 2 aliphatic rings. The third-order valence-electron chi connectivity index (χ3n) is 8.50. The first-order valence-electron chi connectivity index (χ1n) is 15.4. The highest BCUT2D eigenvalue weighted by Crippen LogP contribution is 2.38. The number of hydrogen-bond donors (Lipinski definition) is 6. The Hall–Kier alpha value is -2.36. The number of ether oxygens (including phenoxy) is 4. The zero-order chi connectivity index (χ0) is 35.4. The third kappa shape index (κ3) is 8.32. The van der Waals surface area contributed by atoms with Crippen molar-refractivity contribution in [3.05, 3.63) is 60.7 Å². The average Bonchev–Trinajstić information content (AvgIpc) is 3.03. The SMILES string of the molecule is CO[C@H]1O[C@H](CO[Si](c2ccccc2)(c2ccccc2)C(C)(C)C)[C@@H](O[C@@H]2O[C@H](CO)[C@@H](O)[C@H](O)[C@H]2O)[C@H](OS(=O)(=O)O)[C@H]1NC(C)=O. The van der Waals surface area contributed by atoms with Gasteiger partial charge in [0.25, 0.3) is 8.32 Å². The Kier molecular flexibility index (Phi) is 12.6. The standard InChI is InChI=1S/C31H45NO14SSi/c1-18(34)32-23-28(46-47(38,39)40)27(45-30-26(37)25(36)24(35)21(16-33)43-30)22(44-29(23)41-5)17-42-48(31(2,3)4,19-12-8-6-9-13-19)20-14-10-7-11-15-20/h6-15,21-30,33,35-37H,16-17H2,1-5H3,(H,32,34)(H,38,39,40)/t21-,22-,23-,24-,25+,26-,27-,28-,29+,30+/m1/s1. The van der Waals surface area contributed by atoms with Crippen molar-refractivity contribution >= 4 is 35.0 Å². The monoisotopic (exact) mass is 715 g/mol. The number of aliphatic hydroxyl groups excluding tert-OH is 4. The van der Waals surface area contributed by atoms with E-state index in [1.54, 1.807) is 0 Å². The first-order chi connectivity index (χ1) is 22.5. The molecular formula is C31H45NO14SSi. The maximum Gasteiger partial charge on any atom is 0.397 e. The van der Waals surface area contributed by atoms with Crippen molar-refractivity contribution in [3.8, 4) is 0 Å². The lowest BCUT2D eigenvalue weighted by Gasteiger charge is -2.49. The minimum absolute atomic E-state index is 0.298. The molecule has 17 heteroatoms. The van der Waals surface area contributed by atoms with E-state index in [1.165, 1.54) is 7.11 Å². The molecule has 2 aromatic carbocycles. The quantitative estimate of drug-likeness (QED) is 0.113. The van der Waals surface area contributed by atoms with E-state index in [1.807, 2.05) is 81.4 Å². The summed E-state index contributed by atoms with van der Waals surface area (Å²) in [6.07, 6.45) is -14.6. The highest BCUT2D eigenvalue weighted by molar-refractivity contribution is 7.80.